The van der Waals surface area contributed by atoms with Crippen LogP contribution in [0.1, 0.15) is 13.8 Å². The molecule has 0 aromatic carbocycles. The molecule has 0 fully saturated rings. The second-order valence-corrected chi connectivity index (χ2v) is 2.67. The SMILES string of the molecule is CNC(S)(OC(C)=O)C(C)=O. The first kappa shape index (κ1) is 10.4. The predicted octanol–water partition coefficient (Wildman–Crippen LogP) is -0.0585. The van der Waals surface area contributed by atoms with Gasteiger partial charge in [0.2, 0.25) is 0 Å². The van der Waals surface area contributed by atoms with Gasteiger partial charge >= 0.3 is 5.97 Å². The number of carbonyl (C=O) groups excluding carboxylic acids is 2. The zero-order chi connectivity index (χ0) is 9.07. The van der Waals surface area contributed by atoms with Gasteiger partial charge in [-0.1, -0.05) is 0 Å². The molecule has 4 nitrogen and oxygen atoms in total. The Morgan fingerprint density at radius 1 is 1.45 bits per heavy atom. The van der Waals surface area contributed by atoms with Crippen LogP contribution in [0.3, 0.4) is 0 Å². The third-order valence-electron chi connectivity index (χ3n) is 1.11. The topological polar surface area (TPSA) is 55.4 Å². The summed E-state index contributed by atoms with van der Waals surface area (Å²) in [5, 5.41) is 1.00. The lowest BCUT2D eigenvalue weighted by molar-refractivity contribution is -0.157. The summed E-state index contributed by atoms with van der Waals surface area (Å²) in [6, 6.07) is 0. The normalized spacial score (nSPS) is 15.3. The van der Waals surface area contributed by atoms with E-state index in [2.05, 4.69) is 22.7 Å². The molecule has 0 aliphatic carbocycles. The Kier molecular flexibility index (Phi) is 3.54. The fraction of sp³-hybridized carbons (Fsp3) is 0.667. The molecule has 0 heterocycles. The molecule has 0 bridgehead atoms. The van der Waals surface area contributed by atoms with E-state index in [0.29, 0.717) is 0 Å². The summed E-state index contributed by atoms with van der Waals surface area (Å²) in [5.74, 6) is -0.914. The molecule has 0 rings (SSSR count). The molecule has 1 unspecified atom stereocenters. The third kappa shape index (κ3) is 2.90. The first-order valence-corrected chi connectivity index (χ1v) is 3.49. The minimum absolute atomic E-state index is 0.362. The van der Waals surface area contributed by atoms with Gasteiger partial charge in [-0.2, -0.15) is 0 Å². The van der Waals surface area contributed by atoms with E-state index in [0.717, 1.165) is 0 Å². The number of rotatable bonds is 3. The molecule has 0 radical (unpaired) electrons. The minimum Gasteiger partial charge on any atom is -0.427 e. The molecule has 0 aromatic heterocycles. The summed E-state index contributed by atoms with van der Waals surface area (Å²) < 4.78 is 4.61. The Balaban J connectivity index is 4.34. The number of hydrogen-bond donors (Lipinski definition) is 2. The van der Waals surface area contributed by atoms with Crippen LogP contribution >= 0.6 is 12.6 Å². The molecule has 0 amide bonds. The van der Waals surface area contributed by atoms with E-state index in [9.17, 15) is 9.59 Å². The van der Waals surface area contributed by atoms with Crippen LogP contribution in [0.2, 0.25) is 0 Å². The van der Waals surface area contributed by atoms with Crippen molar-refractivity contribution in [2.45, 2.75) is 18.9 Å². The van der Waals surface area contributed by atoms with Crippen molar-refractivity contribution in [3.63, 3.8) is 0 Å². The van der Waals surface area contributed by atoms with Crippen LogP contribution in [0.15, 0.2) is 0 Å². The highest BCUT2D eigenvalue weighted by molar-refractivity contribution is 7.82. The predicted molar refractivity (Wildman–Crippen MR) is 43.2 cm³/mol. The van der Waals surface area contributed by atoms with Crippen molar-refractivity contribution in [2.75, 3.05) is 7.05 Å². The van der Waals surface area contributed by atoms with Gasteiger partial charge in [0, 0.05) is 13.8 Å². The first-order valence-electron chi connectivity index (χ1n) is 3.04. The van der Waals surface area contributed by atoms with E-state index in [1.807, 2.05) is 0 Å². The molecular formula is C6H11NO3S. The number of ketones is 1. The Bertz CT molecular complexity index is 183. The highest BCUT2D eigenvalue weighted by Crippen LogP contribution is 2.12. The van der Waals surface area contributed by atoms with Gasteiger partial charge in [0.25, 0.3) is 5.06 Å². The van der Waals surface area contributed by atoms with Gasteiger partial charge in [-0.25, -0.2) is 0 Å². The van der Waals surface area contributed by atoms with Crippen LogP contribution in [0.25, 0.3) is 0 Å². The molecule has 1 N–H and O–H groups in total. The Morgan fingerprint density at radius 2 is 1.91 bits per heavy atom. The van der Waals surface area contributed by atoms with Crippen molar-refractivity contribution >= 4 is 24.4 Å². The lowest BCUT2D eigenvalue weighted by Gasteiger charge is -2.23. The zero-order valence-corrected chi connectivity index (χ0v) is 7.57. The molecule has 0 saturated heterocycles. The Hall–Kier alpha value is -0.550. The van der Waals surface area contributed by atoms with Gasteiger partial charge < -0.3 is 4.74 Å². The van der Waals surface area contributed by atoms with Crippen molar-refractivity contribution in [1.29, 1.82) is 0 Å². The summed E-state index contributed by atoms with van der Waals surface area (Å²) >= 11 is 3.85. The van der Waals surface area contributed by atoms with Gasteiger partial charge in [0.05, 0.1) is 0 Å². The lowest BCUT2D eigenvalue weighted by atomic mass is 10.4. The quantitative estimate of drug-likeness (QED) is 0.360. The Labute approximate surface area is 70.7 Å². The maximum absolute atomic E-state index is 10.8. The summed E-state index contributed by atoms with van der Waals surface area (Å²) in [6.07, 6.45) is 0. The third-order valence-corrected chi connectivity index (χ3v) is 1.74. The number of carbonyl (C=O) groups is 2. The molecule has 5 heteroatoms. The second-order valence-electron chi connectivity index (χ2n) is 2.04. The summed E-state index contributed by atoms with van der Waals surface area (Å²) in [5.41, 5.74) is 0. The fourth-order valence-electron chi connectivity index (χ4n) is 0.507. The number of Topliss-reactive ketones (excluding diaryl/α,β-unsaturated/α-hetero) is 1. The average Bonchev–Trinajstić information content (AvgIpc) is 1.86. The minimum atomic E-state index is -1.48. The highest BCUT2D eigenvalue weighted by Gasteiger charge is 2.32. The van der Waals surface area contributed by atoms with E-state index >= 15 is 0 Å². The van der Waals surface area contributed by atoms with Gasteiger partial charge in [0.1, 0.15) is 0 Å². The molecule has 64 valence electrons. The first-order chi connectivity index (χ1) is 4.92. The van der Waals surface area contributed by atoms with E-state index in [1.54, 1.807) is 0 Å². The monoisotopic (exact) mass is 177 g/mol. The lowest BCUT2D eigenvalue weighted by Crippen LogP contribution is -2.47. The number of nitrogens with one attached hydrogen (secondary N) is 1. The average molecular weight is 177 g/mol. The highest BCUT2D eigenvalue weighted by atomic mass is 32.1. The van der Waals surface area contributed by atoms with Crippen molar-refractivity contribution in [1.82, 2.24) is 5.32 Å². The van der Waals surface area contributed by atoms with E-state index in [1.165, 1.54) is 20.9 Å². The van der Waals surface area contributed by atoms with Crippen LogP contribution < -0.4 is 5.32 Å². The maximum Gasteiger partial charge on any atom is 0.305 e. The van der Waals surface area contributed by atoms with Crippen LogP contribution in [-0.2, 0) is 14.3 Å². The molecule has 1 atom stereocenters. The van der Waals surface area contributed by atoms with E-state index in [-0.39, 0.29) is 5.78 Å². The number of likely N-dealkylation sites (N-methyl/N-ethyl adjacent to an activating group) is 1. The van der Waals surface area contributed by atoms with Gasteiger partial charge in [0.15, 0.2) is 5.78 Å². The van der Waals surface area contributed by atoms with Crippen molar-refractivity contribution in [2.24, 2.45) is 0 Å². The maximum atomic E-state index is 10.8. The number of thiol groups is 1. The fourth-order valence-corrected chi connectivity index (χ4v) is 0.635. The van der Waals surface area contributed by atoms with E-state index < -0.39 is 11.0 Å². The van der Waals surface area contributed by atoms with Gasteiger partial charge in [-0.15, -0.1) is 12.6 Å². The summed E-state index contributed by atoms with van der Waals surface area (Å²) in [4.78, 5) is 21.3. The van der Waals surface area contributed by atoms with Crippen LogP contribution in [0, 0.1) is 0 Å². The number of hydrogen-bond acceptors (Lipinski definition) is 5. The molecule has 0 aliphatic heterocycles. The molecule has 0 aromatic rings. The summed E-state index contributed by atoms with van der Waals surface area (Å²) in [6.45, 7) is 2.50. The zero-order valence-electron chi connectivity index (χ0n) is 6.67. The largest absolute Gasteiger partial charge is 0.427 e. The van der Waals surface area contributed by atoms with Crippen molar-refractivity contribution < 1.29 is 14.3 Å². The second kappa shape index (κ2) is 3.73. The van der Waals surface area contributed by atoms with Gasteiger partial charge in [-0.3, -0.25) is 14.9 Å². The van der Waals surface area contributed by atoms with Crippen molar-refractivity contribution in [3.05, 3.63) is 0 Å². The molecule has 11 heavy (non-hydrogen) atoms. The van der Waals surface area contributed by atoms with Crippen LogP contribution in [-0.4, -0.2) is 23.9 Å². The summed E-state index contributed by atoms with van der Waals surface area (Å²) in [7, 11) is 1.48. The molecular weight excluding hydrogens is 166 g/mol. The smallest absolute Gasteiger partial charge is 0.305 e. The molecule has 0 spiro atoms. The number of ether oxygens (including phenoxy) is 1. The van der Waals surface area contributed by atoms with E-state index in [4.69, 9.17) is 0 Å². The standard InChI is InChI=1S/C6H11NO3S/c1-4(8)6(11,7-3)10-5(2)9/h7,11H,1-3H3. The number of esters is 1. The molecule has 0 aliphatic rings. The van der Waals surface area contributed by atoms with Crippen molar-refractivity contribution in [3.8, 4) is 0 Å². The Morgan fingerprint density at radius 3 is 2.00 bits per heavy atom. The van der Waals surface area contributed by atoms with Gasteiger partial charge in [-0.05, 0) is 7.05 Å². The van der Waals surface area contributed by atoms with Crippen LogP contribution in [0.5, 0.6) is 0 Å². The molecule has 0 saturated carbocycles. The van der Waals surface area contributed by atoms with Crippen LogP contribution in [0.4, 0.5) is 0 Å².